The number of halogens is 1. The minimum absolute atomic E-state index is 0.0850. The molecule has 1 fully saturated rings. The van der Waals surface area contributed by atoms with Gasteiger partial charge in [-0.2, -0.15) is 4.31 Å². The van der Waals surface area contributed by atoms with Crippen LogP contribution >= 0.6 is 11.6 Å². The Hall–Kier alpha value is -1.89. The van der Waals surface area contributed by atoms with Crippen molar-refractivity contribution in [3.8, 4) is 0 Å². The van der Waals surface area contributed by atoms with Crippen LogP contribution in [0.4, 0.5) is 5.69 Å². The third kappa shape index (κ3) is 3.77. The summed E-state index contributed by atoms with van der Waals surface area (Å²) in [6.45, 7) is 2.74. The van der Waals surface area contributed by atoms with Gasteiger partial charge in [0.1, 0.15) is 0 Å². The summed E-state index contributed by atoms with van der Waals surface area (Å²) in [5.74, 6) is 0.0850. The molecule has 0 bridgehead atoms. The number of aryl methyl sites for hydroxylation is 1. The topological polar surface area (TPSA) is 57.7 Å². The van der Waals surface area contributed by atoms with Crippen LogP contribution in [0.5, 0.6) is 0 Å². The Kier molecular flexibility index (Phi) is 5.37. The number of benzene rings is 2. The van der Waals surface area contributed by atoms with Crippen molar-refractivity contribution < 1.29 is 13.2 Å². The summed E-state index contributed by atoms with van der Waals surface area (Å²) in [5.41, 5.74) is 2.38. The molecule has 0 unspecified atom stereocenters. The van der Waals surface area contributed by atoms with Crippen LogP contribution in [0.2, 0.25) is 5.02 Å². The molecule has 0 aromatic heterocycles. The van der Waals surface area contributed by atoms with Gasteiger partial charge in [-0.3, -0.25) is 4.79 Å². The summed E-state index contributed by atoms with van der Waals surface area (Å²) < 4.78 is 27.1. The molecule has 0 atom stereocenters. The fourth-order valence-electron chi connectivity index (χ4n) is 3.15. The van der Waals surface area contributed by atoms with Gasteiger partial charge in [0.25, 0.3) is 0 Å². The minimum atomic E-state index is -3.64. The first-order valence-electron chi connectivity index (χ1n) is 8.41. The molecule has 0 spiro atoms. The molecule has 2 aromatic carbocycles. The highest BCUT2D eigenvalue weighted by atomic mass is 35.5. The lowest BCUT2D eigenvalue weighted by atomic mass is 10.2. The SMILES string of the molecule is Cc1cc(S(=O)(=O)N(C)Cc2cccc(Cl)c2)ccc1N1CCCC1=O. The van der Waals surface area contributed by atoms with Gasteiger partial charge in [0, 0.05) is 37.3 Å². The van der Waals surface area contributed by atoms with Crippen LogP contribution in [-0.4, -0.2) is 32.2 Å². The van der Waals surface area contributed by atoms with E-state index in [0.29, 0.717) is 18.0 Å². The summed E-state index contributed by atoms with van der Waals surface area (Å²) in [7, 11) is -2.09. The van der Waals surface area contributed by atoms with Crippen molar-refractivity contribution in [2.45, 2.75) is 31.2 Å². The summed E-state index contributed by atoms with van der Waals surface area (Å²) in [6, 6.07) is 12.1. The molecule has 0 saturated carbocycles. The van der Waals surface area contributed by atoms with E-state index in [-0.39, 0.29) is 17.3 Å². The van der Waals surface area contributed by atoms with Gasteiger partial charge >= 0.3 is 0 Å². The van der Waals surface area contributed by atoms with Gasteiger partial charge in [0.05, 0.1) is 4.90 Å². The van der Waals surface area contributed by atoms with E-state index >= 15 is 0 Å². The van der Waals surface area contributed by atoms with E-state index < -0.39 is 10.0 Å². The van der Waals surface area contributed by atoms with Crippen molar-refractivity contribution in [1.29, 1.82) is 0 Å². The average molecular weight is 393 g/mol. The number of rotatable bonds is 5. The van der Waals surface area contributed by atoms with Crippen molar-refractivity contribution in [3.63, 3.8) is 0 Å². The number of carbonyl (C=O) groups excluding carboxylic acids is 1. The Labute approximate surface area is 159 Å². The molecule has 1 heterocycles. The second-order valence-electron chi connectivity index (χ2n) is 6.49. The maximum Gasteiger partial charge on any atom is 0.243 e. The molecule has 1 aliphatic rings. The summed E-state index contributed by atoms with van der Waals surface area (Å²) >= 11 is 5.97. The molecule has 0 aliphatic carbocycles. The van der Waals surface area contributed by atoms with Crippen molar-refractivity contribution in [2.75, 3.05) is 18.5 Å². The number of anilines is 1. The zero-order valence-corrected chi connectivity index (χ0v) is 16.3. The zero-order chi connectivity index (χ0) is 18.9. The van der Waals surface area contributed by atoms with E-state index in [0.717, 1.165) is 23.2 Å². The van der Waals surface area contributed by atoms with Gasteiger partial charge in [-0.1, -0.05) is 23.7 Å². The van der Waals surface area contributed by atoms with Crippen LogP contribution in [-0.2, 0) is 21.4 Å². The van der Waals surface area contributed by atoms with Crippen molar-refractivity contribution >= 4 is 33.2 Å². The quantitative estimate of drug-likeness (QED) is 0.781. The van der Waals surface area contributed by atoms with E-state index in [1.165, 1.54) is 4.31 Å². The molecule has 3 rings (SSSR count). The standard InChI is InChI=1S/C19H21ClN2O3S/c1-14-11-17(8-9-18(14)22-10-4-7-19(22)23)26(24,25)21(2)13-15-5-3-6-16(20)12-15/h3,5-6,8-9,11-12H,4,7,10,13H2,1-2H3. The van der Waals surface area contributed by atoms with E-state index in [2.05, 4.69) is 0 Å². The van der Waals surface area contributed by atoms with Gasteiger partial charge in [-0.25, -0.2) is 8.42 Å². The van der Waals surface area contributed by atoms with Crippen LogP contribution in [0.15, 0.2) is 47.4 Å². The maximum absolute atomic E-state index is 12.9. The molecule has 5 nitrogen and oxygen atoms in total. The van der Waals surface area contributed by atoms with E-state index in [1.807, 2.05) is 13.0 Å². The van der Waals surface area contributed by atoms with E-state index in [9.17, 15) is 13.2 Å². The Morgan fingerprint density at radius 3 is 2.58 bits per heavy atom. The van der Waals surface area contributed by atoms with Crippen LogP contribution in [0.25, 0.3) is 0 Å². The number of nitrogens with zero attached hydrogens (tertiary/aromatic N) is 2. The Balaban J connectivity index is 1.84. The second-order valence-corrected chi connectivity index (χ2v) is 8.97. The van der Waals surface area contributed by atoms with E-state index in [1.54, 1.807) is 48.3 Å². The number of hydrogen-bond acceptors (Lipinski definition) is 3. The normalized spacial score (nSPS) is 15.1. The molecule has 26 heavy (non-hydrogen) atoms. The largest absolute Gasteiger partial charge is 0.312 e. The fraction of sp³-hybridized carbons (Fsp3) is 0.316. The van der Waals surface area contributed by atoms with Crippen molar-refractivity contribution in [1.82, 2.24) is 4.31 Å². The first-order chi connectivity index (χ1) is 12.3. The molecule has 0 N–H and O–H groups in total. The van der Waals surface area contributed by atoms with Crippen LogP contribution in [0.3, 0.4) is 0 Å². The molecule has 7 heteroatoms. The van der Waals surface area contributed by atoms with Crippen LogP contribution < -0.4 is 4.90 Å². The first kappa shape index (κ1) is 18.9. The van der Waals surface area contributed by atoms with Gasteiger partial charge < -0.3 is 4.90 Å². The number of carbonyl (C=O) groups is 1. The predicted octanol–water partition coefficient (Wildman–Crippen LogP) is 3.60. The maximum atomic E-state index is 12.9. The second kappa shape index (κ2) is 7.39. The van der Waals surface area contributed by atoms with Gasteiger partial charge in [0.2, 0.25) is 15.9 Å². The van der Waals surface area contributed by atoms with Crippen molar-refractivity contribution in [3.05, 3.63) is 58.6 Å². The minimum Gasteiger partial charge on any atom is -0.312 e. The monoisotopic (exact) mass is 392 g/mol. The third-order valence-corrected chi connectivity index (χ3v) is 6.57. The van der Waals surface area contributed by atoms with Crippen LogP contribution in [0, 0.1) is 6.92 Å². The average Bonchev–Trinajstić information content (AvgIpc) is 3.00. The summed E-state index contributed by atoms with van der Waals surface area (Å²) in [4.78, 5) is 13.9. The van der Waals surface area contributed by atoms with Gasteiger partial charge in [-0.15, -0.1) is 0 Å². The molecule has 0 radical (unpaired) electrons. The lowest BCUT2D eigenvalue weighted by Crippen LogP contribution is -2.27. The molecule has 1 aliphatic heterocycles. The van der Waals surface area contributed by atoms with Crippen molar-refractivity contribution in [2.24, 2.45) is 0 Å². The number of sulfonamides is 1. The molecular formula is C19H21ClN2O3S. The van der Waals surface area contributed by atoms with E-state index in [4.69, 9.17) is 11.6 Å². The molecule has 2 aromatic rings. The molecule has 138 valence electrons. The highest BCUT2D eigenvalue weighted by Gasteiger charge is 2.26. The Morgan fingerprint density at radius 2 is 1.96 bits per heavy atom. The van der Waals surface area contributed by atoms with Gasteiger partial charge in [0.15, 0.2) is 0 Å². The number of amides is 1. The predicted molar refractivity (Wildman–Crippen MR) is 103 cm³/mol. The highest BCUT2D eigenvalue weighted by molar-refractivity contribution is 7.89. The lowest BCUT2D eigenvalue weighted by molar-refractivity contribution is -0.117. The summed E-state index contributed by atoms with van der Waals surface area (Å²) in [6.07, 6.45) is 1.38. The zero-order valence-electron chi connectivity index (χ0n) is 14.8. The smallest absolute Gasteiger partial charge is 0.243 e. The Morgan fingerprint density at radius 1 is 1.19 bits per heavy atom. The molecule has 1 amide bonds. The number of hydrogen-bond donors (Lipinski definition) is 0. The molecular weight excluding hydrogens is 372 g/mol. The van der Waals surface area contributed by atoms with Crippen LogP contribution in [0.1, 0.15) is 24.0 Å². The van der Waals surface area contributed by atoms with Gasteiger partial charge in [-0.05, 0) is 54.8 Å². The Bertz CT molecular complexity index is 944. The first-order valence-corrected chi connectivity index (χ1v) is 10.2. The third-order valence-electron chi connectivity index (χ3n) is 4.53. The fourth-order valence-corrected chi connectivity index (χ4v) is 4.61. The highest BCUT2D eigenvalue weighted by Crippen LogP contribution is 2.28. The lowest BCUT2D eigenvalue weighted by Gasteiger charge is -2.21. The molecule has 1 saturated heterocycles. The summed E-state index contributed by atoms with van der Waals surface area (Å²) in [5, 5.41) is 0.573.